The molecule has 1 saturated heterocycles. The first kappa shape index (κ1) is 8.77. The van der Waals surface area contributed by atoms with Crippen molar-refractivity contribution in [2.24, 2.45) is 5.92 Å². The summed E-state index contributed by atoms with van der Waals surface area (Å²) in [6.45, 7) is 0.579. The van der Waals surface area contributed by atoms with Crippen LogP contribution in [0.4, 0.5) is 0 Å². The maximum absolute atomic E-state index is 11.7. The summed E-state index contributed by atoms with van der Waals surface area (Å²) < 4.78 is 10.2. The first-order valence-electron chi connectivity index (χ1n) is 5.09. The van der Waals surface area contributed by atoms with Crippen LogP contribution >= 0.6 is 0 Å². The van der Waals surface area contributed by atoms with Crippen LogP contribution in [0.3, 0.4) is 0 Å². The van der Waals surface area contributed by atoms with Gasteiger partial charge in [-0.3, -0.25) is 4.79 Å². The molecule has 0 bridgehead atoms. The molecule has 1 saturated carbocycles. The predicted octanol–water partition coefficient (Wildman–Crippen LogP) is 1.51. The molecule has 1 aromatic carbocycles. The summed E-state index contributed by atoms with van der Waals surface area (Å²) in [5.74, 6) is 1.12. The Morgan fingerprint density at radius 2 is 2.40 bits per heavy atom. The van der Waals surface area contributed by atoms with Crippen molar-refractivity contribution >= 4 is 5.97 Å². The number of carbonyl (C=O) groups is 1. The van der Waals surface area contributed by atoms with Crippen LogP contribution in [-0.4, -0.2) is 19.7 Å². The van der Waals surface area contributed by atoms with Crippen LogP contribution in [0, 0.1) is 5.92 Å². The molecule has 2 atom stereocenters. The summed E-state index contributed by atoms with van der Waals surface area (Å²) in [7, 11) is 1.63. The molecule has 3 nitrogen and oxygen atoms in total. The fraction of sp³-hybridized carbons (Fsp3) is 0.417. The molecule has 15 heavy (non-hydrogen) atoms. The van der Waals surface area contributed by atoms with Crippen LogP contribution in [0.1, 0.15) is 12.0 Å². The van der Waals surface area contributed by atoms with Gasteiger partial charge in [-0.1, -0.05) is 12.1 Å². The van der Waals surface area contributed by atoms with Crippen molar-refractivity contribution in [1.29, 1.82) is 0 Å². The molecule has 1 aromatic rings. The van der Waals surface area contributed by atoms with Crippen LogP contribution in [0.5, 0.6) is 5.75 Å². The van der Waals surface area contributed by atoms with Crippen molar-refractivity contribution in [1.82, 2.24) is 0 Å². The Bertz CT molecular complexity index is 427. The van der Waals surface area contributed by atoms with Gasteiger partial charge in [0.1, 0.15) is 5.75 Å². The number of hydrogen-bond acceptors (Lipinski definition) is 3. The minimum atomic E-state index is -0.339. The molecule has 1 aliphatic carbocycles. The number of esters is 1. The van der Waals surface area contributed by atoms with Crippen molar-refractivity contribution in [3.8, 4) is 5.75 Å². The summed E-state index contributed by atoms with van der Waals surface area (Å²) in [6, 6.07) is 7.73. The molecule has 3 rings (SSSR count). The Balaban J connectivity index is 2.03. The van der Waals surface area contributed by atoms with Gasteiger partial charge in [0.2, 0.25) is 0 Å². The Hall–Kier alpha value is -1.51. The smallest absolute Gasteiger partial charge is 0.317 e. The quantitative estimate of drug-likeness (QED) is 0.685. The molecule has 2 aliphatic rings. The number of ether oxygens (including phenoxy) is 2. The first-order valence-corrected chi connectivity index (χ1v) is 5.09. The third-order valence-electron chi connectivity index (χ3n) is 3.47. The second-order valence-electron chi connectivity index (χ2n) is 4.20. The number of carbonyl (C=O) groups excluding carboxylic acids is 1. The Kier molecular flexibility index (Phi) is 1.61. The lowest BCUT2D eigenvalue weighted by Gasteiger charge is -2.10. The highest BCUT2D eigenvalue weighted by molar-refractivity contribution is 5.90. The summed E-state index contributed by atoms with van der Waals surface area (Å²) in [6.07, 6.45) is 0.930. The lowest BCUT2D eigenvalue weighted by Crippen LogP contribution is -2.18. The largest absolute Gasteiger partial charge is 0.497 e. The van der Waals surface area contributed by atoms with Crippen LogP contribution in [0.2, 0.25) is 0 Å². The number of cyclic esters (lactones) is 1. The molecule has 2 fully saturated rings. The summed E-state index contributed by atoms with van der Waals surface area (Å²) in [4.78, 5) is 11.7. The van der Waals surface area contributed by atoms with E-state index in [4.69, 9.17) is 9.47 Å². The number of methoxy groups -OCH3 is 1. The van der Waals surface area contributed by atoms with Crippen LogP contribution < -0.4 is 4.74 Å². The third-order valence-corrected chi connectivity index (χ3v) is 3.47. The fourth-order valence-electron chi connectivity index (χ4n) is 2.46. The first-order chi connectivity index (χ1) is 7.27. The molecule has 1 aliphatic heterocycles. The number of hydrogen-bond donors (Lipinski definition) is 0. The van der Waals surface area contributed by atoms with Gasteiger partial charge in [-0.25, -0.2) is 0 Å². The highest BCUT2D eigenvalue weighted by Crippen LogP contribution is 2.59. The lowest BCUT2D eigenvalue weighted by molar-refractivity contribution is -0.142. The van der Waals surface area contributed by atoms with Gasteiger partial charge < -0.3 is 9.47 Å². The van der Waals surface area contributed by atoms with Gasteiger partial charge in [0.25, 0.3) is 0 Å². The van der Waals surface area contributed by atoms with Gasteiger partial charge in [0.05, 0.1) is 19.1 Å². The van der Waals surface area contributed by atoms with E-state index in [-0.39, 0.29) is 11.4 Å². The summed E-state index contributed by atoms with van der Waals surface area (Å²) in [5, 5.41) is 0. The highest BCUT2D eigenvalue weighted by atomic mass is 16.5. The van der Waals surface area contributed by atoms with E-state index in [1.165, 1.54) is 0 Å². The van der Waals surface area contributed by atoms with Gasteiger partial charge in [0, 0.05) is 5.92 Å². The minimum Gasteiger partial charge on any atom is -0.497 e. The Morgan fingerprint density at radius 1 is 1.53 bits per heavy atom. The molecule has 0 N–H and O–H groups in total. The highest BCUT2D eigenvalue weighted by Gasteiger charge is 2.66. The van der Waals surface area contributed by atoms with E-state index in [0.717, 1.165) is 17.7 Å². The lowest BCUT2D eigenvalue weighted by atomic mass is 9.94. The van der Waals surface area contributed by atoms with E-state index in [9.17, 15) is 4.79 Å². The molecule has 0 amide bonds. The number of rotatable bonds is 2. The molecule has 0 aromatic heterocycles. The second-order valence-corrected chi connectivity index (χ2v) is 4.20. The normalized spacial score (nSPS) is 32.1. The van der Waals surface area contributed by atoms with Crippen LogP contribution in [0.25, 0.3) is 0 Å². The van der Waals surface area contributed by atoms with E-state index in [1.54, 1.807) is 7.11 Å². The van der Waals surface area contributed by atoms with Crippen molar-refractivity contribution < 1.29 is 14.3 Å². The average molecular weight is 204 g/mol. The molecular weight excluding hydrogens is 192 g/mol. The van der Waals surface area contributed by atoms with Crippen molar-refractivity contribution in [2.75, 3.05) is 13.7 Å². The van der Waals surface area contributed by atoms with Gasteiger partial charge in [0.15, 0.2) is 0 Å². The van der Waals surface area contributed by atoms with Crippen molar-refractivity contribution in [3.05, 3.63) is 29.8 Å². The summed E-state index contributed by atoms with van der Waals surface area (Å²) in [5.41, 5.74) is 0.698. The third kappa shape index (κ3) is 1.03. The fourth-order valence-corrected chi connectivity index (χ4v) is 2.46. The van der Waals surface area contributed by atoms with Crippen molar-refractivity contribution in [3.63, 3.8) is 0 Å². The molecule has 3 heteroatoms. The van der Waals surface area contributed by atoms with Crippen LogP contribution in [0.15, 0.2) is 24.3 Å². The molecule has 78 valence electrons. The standard InChI is InChI=1S/C12H12O3/c1-14-10-4-2-3-8(5-10)12-6-9(12)7-15-11(12)13/h2-5,9H,6-7H2,1H3. The minimum absolute atomic E-state index is 0.0687. The molecular formula is C12H12O3. The maximum Gasteiger partial charge on any atom is 0.317 e. The second kappa shape index (κ2) is 2.75. The number of benzene rings is 1. The predicted molar refractivity (Wildman–Crippen MR) is 53.7 cm³/mol. The van der Waals surface area contributed by atoms with Crippen molar-refractivity contribution in [2.45, 2.75) is 11.8 Å². The van der Waals surface area contributed by atoms with Gasteiger partial charge in [-0.15, -0.1) is 0 Å². The van der Waals surface area contributed by atoms with Gasteiger partial charge in [-0.2, -0.15) is 0 Å². The van der Waals surface area contributed by atoms with Gasteiger partial charge >= 0.3 is 5.97 Å². The topological polar surface area (TPSA) is 35.5 Å². The zero-order chi connectivity index (χ0) is 10.5. The molecule has 2 unspecified atom stereocenters. The van der Waals surface area contributed by atoms with E-state index in [2.05, 4.69) is 0 Å². The molecule has 1 heterocycles. The van der Waals surface area contributed by atoms with Crippen LogP contribution in [-0.2, 0) is 14.9 Å². The van der Waals surface area contributed by atoms with E-state index >= 15 is 0 Å². The molecule has 0 spiro atoms. The SMILES string of the molecule is COc1cccc(C23CC2COC3=O)c1. The maximum atomic E-state index is 11.7. The number of fused-ring (bicyclic) bond motifs is 1. The average Bonchev–Trinajstić information content (AvgIpc) is 2.94. The van der Waals surface area contributed by atoms with E-state index in [1.807, 2.05) is 24.3 Å². The monoisotopic (exact) mass is 204 g/mol. The van der Waals surface area contributed by atoms with E-state index in [0.29, 0.717) is 12.5 Å². The van der Waals surface area contributed by atoms with E-state index < -0.39 is 0 Å². The zero-order valence-corrected chi connectivity index (χ0v) is 8.53. The zero-order valence-electron chi connectivity index (χ0n) is 8.53. The summed E-state index contributed by atoms with van der Waals surface area (Å²) >= 11 is 0. The van der Waals surface area contributed by atoms with Gasteiger partial charge in [-0.05, 0) is 24.1 Å². The molecule has 0 radical (unpaired) electrons. The Morgan fingerprint density at radius 3 is 3.00 bits per heavy atom. The Labute approximate surface area is 88.0 Å².